The highest BCUT2D eigenvalue weighted by molar-refractivity contribution is 7.94. The largest absolute Gasteiger partial charge is 0.224 e. The van der Waals surface area contributed by atoms with Crippen molar-refractivity contribution in [1.29, 1.82) is 0 Å². The average molecular weight is 195 g/mol. The Kier molecular flexibility index (Phi) is 2.88. The Balaban J connectivity index is 3.04. The lowest BCUT2D eigenvalue weighted by Gasteiger charge is -1.97. The van der Waals surface area contributed by atoms with E-state index in [9.17, 15) is 8.42 Å². The van der Waals surface area contributed by atoms with Crippen LogP contribution in [0.5, 0.6) is 0 Å². The summed E-state index contributed by atoms with van der Waals surface area (Å²) in [4.78, 5) is 0.138. The zero-order chi connectivity index (χ0) is 9.90. The molecule has 1 aromatic rings. The molecule has 1 aromatic carbocycles. The fourth-order valence-corrected chi connectivity index (χ4v) is 1.19. The summed E-state index contributed by atoms with van der Waals surface area (Å²) in [5, 5.41) is 0. The predicted octanol–water partition coefficient (Wildman–Crippen LogP) is 1.91. The van der Waals surface area contributed by atoms with Crippen LogP contribution in [0.1, 0.15) is 5.56 Å². The summed E-state index contributed by atoms with van der Waals surface area (Å²) in [6, 6.07) is 9.23. The van der Waals surface area contributed by atoms with Crippen molar-refractivity contribution in [2.24, 2.45) is 0 Å². The van der Waals surface area contributed by atoms with Crippen molar-refractivity contribution in [1.82, 2.24) is 0 Å². The zero-order valence-corrected chi connectivity index (χ0v) is 8.21. The summed E-state index contributed by atoms with van der Waals surface area (Å²) in [5.74, 6) is 0. The third kappa shape index (κ3) is 3.03. The number of rotatable bonds is 2. The number of hydrogen-bond donors (Lipinski definition) is 0. The molecule has 0 saturated carbocycles. The molecule has 13 heavy (non-hydrogen) atoms. The van der Waals surface area contributed by atoms with E-state index >= 15 is 0 Å². The molecule has 0 aromatic heterocycles. The van der Waals surface area contributed by atoms with Crippen molar-refractivity contribution < 1.29 is 8.42 Å². The van der Waals surface area contributed by atoms with E-state index in [1.54, 1.807) is 6.08 Å². The SMILES string of the molecule is [CH2]/C(=C/c1ccccc1)S(C)(=O)=O. The summed E-state index contributed by atoms with van der Waals surface area (Å²) in [6.45, 7) is 3.48. The Morgan fingerprint density at radius 2 is 1.85 bits per heavy atom. The quantitative estimate of drug-likeness (QED) is 0.722. The Morgan fingerprint density at radius 1 is 1.31 bits per heavy atom. The van der Waals surface area contributed by atoms with Gasteiger partial charge in [-0.25, -0.2) is 8.42 Å². The molecule has 2 nitrogen and oxygen atoms in total. The third-order valence-corrected chi connectivity index (χ3v) is 2.67. The second-order valence-corrected chi connectivity index (χ2v) is 4.86. The monoisotopic (exact) mass is 195 g/mol. The van der Waals surface area contributed by atoms with Gasteiger partial charge >= 0.3 is 0 Å². The molecule has 0 fully saturated rings. The summed E-state index contributed by atoms with van der Waals surface area (Å²) in [5.41, 5.74) is 0.845. The summed E-state index contributed by atoms with van der Waals surface area (Å²) in [7, 11) is -3.15. The standard InChI is InChI=1S/C10H11O2S/c1-9(13(2,11)12)8-10-6-4-3-5-7-10/h3-8H,1H2,2H3/b9-8-. The summed E-state index contributed by atoms with van der Waals surface area (Å²) in [6.07, 6.45) is 2.70. The van der Waals surface area contributed by atoms with E-state index in [-0.39, 0.29) is 4.91 Å². The van der Waals surface area contributed by atoms with Crippen LogP contribution in [0.25, 0.3) is 6.08 Å². The highest BCUT2D eigenvalue weighted by atomic mass is 32.2. The maximum Gasteiger partial charge on any atom is 0.171 e. The van der Waals surface area contributed by atoms with E-state index in [4.69, 9.17) is 0 Å². The van der Waals surface area contributed by atoms with Gasteiger partial charge in [-0.2, -0.15) is 0 Å². The van der Waals surface area contributed by atoms with Crippen molar-refractivity contribution in [3.8, 4) is 0 Å². The molecular weight excluding hydrogens is 184 g/mol. The first-order chi connectivity index (χ1) is 6.00. The van der Waals surface area contributed by atoms with Gasteiger partial charge in [0.2, 0.25) is 0 Å². The first-order valence-corrected chi connectivity index (χ1v) is 5.68. The number of hydrogen-bond acceptors (Lipinski definition) is 2. The predicted molar refractivity (Wildman–Crippen MR) is 54.6 cm³/mol. The molecule has 0 aliphatic rings. The van der Waals surface area contributed by atoms with Crippen LogP contribution in [0.15, 0.2) is 35.2 Å². The molecule has 0 unspecified atom stereocenters. The van der Waals surface area contributed by atoms with Gasteiger partial charge in [0.25, 0.3) is 0 Å². The molecule has 0 amide bonds. The highest BCUT2D eigenvalue weighted by Gasteiger charge is 2.04. The maximum atomic E-state index is 11.0. The second kappa shape index (κ2) is 3.75. The molecule has 0 aliphatic heterocycles. The number of sulfone groups is 1. The number of benzene rings is 1. The fourth-order valence-electron chi connectivity index (χ4n) is 0.842. The van der Waals surface area contributed by atoms with Crippen LogP contribution in [-0.2, 0) is 9.84 Å². The minimum atomic E-state index is -3.15. The molecule has 3 heteroatoms. The minimum Gasteiger partial charge on any atom is -0.224 e. The third-order valence-electron chi connectivity index (χ3n) is 1.60. The Hall–Kier alpha value is -1.09. The molecule has 0 heterocycles. The van der Waals surface area contributed by atoms with E-state index < -0.39 is 9.84 Å². The van der Waals surface area contributed by atoms with Gasteiger partial charge in [-0.3, -0.25) is 0 Å². The fraction of sp³-hybridized carbons (Fsp3) is 0.100. The van der Waals surface area contributed by atoms with Crippen molar-refractivity contribution in [2.45, 2.75) is 0 Å². The van der Waals surface area contributed by atoms with E-state index in [1.165, 1.54) is 0 Å². The van der Waals surface area contributed by atoms with Gasteiger partial charge in [-0.1, -0.05) is 30.3 Å². The van der Waals surface area contributed by atoms with E-state index in [0.717, 1.165) is 11.8 Å². The lowest BCUT2D eigenvalue weighted by Crippen LogP contribution is -1.96. The van der Waals surface area contributed by atoms with Crippen LogP contribution in [0.4, 0.5) is 0 Å². The van der Waals surface area contributed by atoms with Gasteiger partial charge in [-0.15, -0.1) is 0 Å². The van der Waals surface area contributed by atoms with Crippen LogP contribution < -0.4 is 0 Å². The topological polar surface area (TPSA) is 34.1 Å². The number of allylic oxidation sites excluding steroid dienone is 1. The Labute approximate surface area is 78.8 Å². The van der Waals surface area contributed by atoms with Gasteiger partial charge in [-0.05, 0) is 18.6 Å². The van der Waals surface area contributed by atoms with Crippen molar-refractivity contribution in [3.05, 3.63) is 47.7 Å². The highest BCUT2D eigenvalue weighted by Crippen LogP contribution is 2.09. The van der Waals surface area contributed by atoms with Crippen molar-refractivity contribution in [3.63, 3.8) is 0 Å². The van der Waals surface area contributed by atoms with Gasteiger partial charge in [0.15, 0.2) is 9.84 Å². The van der Waals surface area contributed by atoms with Crippen molar-refractivity contribution in [2.75, 3.05) is 6.26 Å². The summed E-state index contributed by atoms with van der Waals surface area (Å²) < 4.78 is 22.0. The van der Waals surface area contributed by atoms with Crippen LogP contribution in [0.2, 0.25) is 0 Å². The normalized spacial score (nSPS) is 12.9. The molecule has 0 aliphatic carbocycles. The van der Waals surface area contributed by atoms with E-state index in [0.29, 0.717) is 0 Å². The first-order valence-electron chi connectivity index (χ1n) is 3.79. The minimum absolute atomic E-state index is 0.138. The lowest BCUT2D eigenvalue weighted by atomic mass is 10.2. The second-order valence-electron chi connectivity index (χ2n) is 2.79. The molecule has 1 radical (unpaired) electrons. The zero-order valence-electron chi connectivity index (χ0n) is 7.40. The van der Waals surface area contributed by atoms with Gasteiger partial charge < -0.3 is 0 Å². The van der Waals surface area contributed by atoms with Crippen molar-refractivity contribution >= 4 is 15.9 Å². The molecule has 0 atom stereocenters. The molecule has 0 saturated heterocycles. The molecule has 1 rings (SSSR count). The van der Waals surface area contributed by atoms with Gasteiger partial charge in [0.1, 0.15) is 0 Å². The van der Waals surface area contributed by atoms with E-state index in [1.807, 2.05) is 30.3 Å². The van der Waals surface area contributed by atoms with E-state index in [2.05, 4.69) is 6.92 Å². The van der Waals surface area contributed by atoms with Crippen LogP contribution in [-0.4, -0.2) is 14.7 Å². The van der Waals surface area contributed by atoms with Gasteiger partial charge in [0.05, 0.1) is 0 Å². The summed E-state index contributed by atoms with van der Waals surface area (Å²) >= 11 is 0. The smallest absolute Gasteiger partial charge is 0.171 e. The lowest BCUT2D eigenvalue weighted by molar-refractivity contribution is 0.608. The maximum absolute atomic E-state index is 11.0. The van der Waals surface area contributed by atoms with Crippen LogP contribution in [0, 0.1) is 6.92 Å². The Morgan fingerprint density at radius 3 is 2.31 bits per heavy atom. The van der Waals surface area contributed by atoms with Gasteiger partial charge in [0, 0.05) is 11.2 Å². The average Bonchev–Trinajstić information content (AvgIpc) is 2.04. The van der Waals surface area contributed by atoms with Crippen LogP contribution in [0.3, 0.4) is 0 Å². The molecule has 69 valence electrons. The molecule has 0 spiro atoms. The van der Waals surface area contributed by atoms with Crippen LogP contribution >= 0.6 is 0 Å². The molecule has 0 bridgehead atoms. The molecule has 0 N–H and O–H groups in total. The molecular formula is C10H11O2S. The Bertz CT molecular complexity index is 402. The first kappa shape index (κ1) is 9.99.